The number of hydrogen-bond acceptors (Lipinski definition) is 4. The second kappa shape index (κ2) is 6.11. The highest BCUT2D eigenvalue weighted by Crippen LogP contribution is 2.29. The lowest BCUT2D eigenvalue weighted by atomic mass is 9.94. The quantitative estimate of drug-likeness (QED) is 0.913. The monoisotopic (exact) mass is 298 g/mol. The normalized spacial score (nSPS) is 24.6. The molecule has 2 unspecified atom stereocenters. The lowest BCUT2D eigenvalue weighted by molar-refractivity contribution is 0.211. The van der Waals surface area contributed by atoms with Crippen LogP contribution in [0.5, 0.6) is 5.75 Å². The summed E-state index contributed by atoms with van der Waals surface area (Å²) >= 11 is 0. The third-order valence-corrected chi connectivity index (χ3v) is 5.79. The summed E-state index contributed by atoms with van der Waals surface area (Å²) in [7, 11) is -1.98. The van der Waals surface area contributed by atoms with Crippen molar-refractivity contribution in [2.45, 2.75) is 30.7 Å². The molecule has 1 heterocycles. The van der Waals surface area contributed by atoms with E-state index in [1.165, 1.54) is 7.11 Å². The van der Waals surface area contributed by atoms with Gasteiger partial charge in [0.05, 0.1) is 12.0 Å². The molecule has 0 aliphatic carbocycles. The maximum atomic E-state index is 12.7. The molecule has 1 saturated heterocycles. The van der Waals surface area contributed by atoms with Gasteiger partial charge in [-0.1, -0.05) is 13.0 Å². The minimum atomic E-state index is -3.51. The first kappa shape index (κ1) is 15.3. The number of piperidine rings is 1. The maximum Gasteiger partial charge on any atom is 0.243 e. The fraction of sp³-hybridized carbons (Fsp3) is 0.571. The van der Waals surface area contributed by atoms with Crippen LogP contribution >= 0.6 is 0 Å². The van der Waals surface area contributed by atoms with Gasteiger partial charge in [0.1, 0.15) is 5.75 Å². The van der Waals surface area contributed by atoms with Gasteiger partial charge in [-0.05, 0) is 30.9 Å². The number of rotatable bonds is 4. The Hall–Kier alpha value is -1.11. The van der Waals surface area contributed by atoms with Crippen LogP contribution in [0.2, 0.25) is 0 Å². The van der Waals surface area contributed by atoms with Crippen LogP contribution in [0.3, 0.4) is 0 Å². The summed E-state index contributed by atoms with van der Waals surface area (Å²) in [5.41, 5.74) is 5.76. The van der Waals surface area contributed by atoms with E-state index >= 15 is 0 Å². The Bertz CT molecular complexity index is 559. The van der Waals surface area contributed by atoms with Gasteiger partial charge < -0.3 is 10.5 Å². The third kappa shape index (κ3) is 2.97. The van der Waals surface area contributed by atoms with E-state index in [9.17, 15) is 8.42 Å². The predicted molar refractivity (Wildman–Crippen MR) is 78.1 cm³/mol. The minimum absolute atomic E-state index is 0.116. The Morgan fingerprint density at radius 1 is 1.45 bits per heavy atom. The third-order valence-electron chi connectivity index (χ3n) is 3.84. The Morgan fingerprint density at radius 2 is 2.20 bits per heavy atom. The smallest absolute Gasteiger partial charge is 0.243 e. The average molecular weight is 298 g/mol. The summed E-state index contributed by atoms with van der Waals surface area (Å²) in [6.45, 7) is 3.02. The molecule has 2 atom stereocenters. The summed E-state index contributed by atoms with van der Waals surface area (Å²) in [6.07, 6.45) is 1.69. The molecule has 2 N–H and O–H groups in total. The van der Waals surface area contributed by atoms with Gasteiger partial charge in [-0.2, -0.15) is 4.31 Å². The predicted octanol–water partition coefficient (Wildman–Crippen LogP) is 1.44. The molecule has 20 heavy (non-hydrogen) atoms. The topological polar surface area (TPSA) is 72.6 Å². The molecule has 0 saturated carbocycles. The van der Waals surface area contributed by atoms with Gasteiger partial charge in [-0.3, -0.25) is 0 Å². The molecule has 1 aromatic carbocycles. The number of nitrogens with zero attached hydrogens (tertiary/aromatic N) is 1. The van der Waals surface area contributed by atoms with Crippen molar-refractivity contribution < 1.29 is 13.2 Å². The molecule has 1 aliphatic rings. The van der Waals surface area contributed by atoms with Crippen molar-refractivity contribution in [3.05, 3.63) is 24.3 Å². The zero-order valence-corrected chi connectivity index (χ0v) is 12.8. The average Bonchev–Trinajstić information content (AvgIpc) is 2.46. The summed E-state index contributed by atoms with van der Waals surface area (Å²) in [4.78, 5) is 0.268. The Labute approximate surface area is 120 Å². The Morgan fingerprint density at radius 3 is 2.85 bits per heavy atom. The molecule has 0 aromatic heterocycles. The van der Waals surface area contributed by atoms with E-state index in [1.54, 1.807) is 28.6 Å². The standard InChI is InChI=1S/C14H22N2O3S/c1-11-6-7-16(12(8-11)10-15)20(17,18)14-5-3-4-13(9-14)19-2/h3-5,9,11-12H,6-8,10,15H2,1-2H3. The molecule has 0 bridgehead atoms. The summed E-state index contributed by atoms with van der Waals surface area (Å²) < 4.78 is 32.1. The van der Waals surface area contributed by atoms with Crippen LogP contribution in [-0.2, 0) is 10.0 Å². The van der Waals surface area contributed by atoms with Crippen molar-refractivity contribution in [2.24, 2.45) is 11.7 Å². The maximum absolute atomic E-state index is 12.7. The number of nitrogens with two attached hydrogens (primary N) is 1. The summed E-state index contributed by atoms with van der Waals surface area (Å²) in [6, 6.07) is 6.47. The first-order valence-electron chi connectivity index (χ1n) is 6.85. The van der Waals surface area contributed by atoms with Gasteiger partial charge in [-0.25, -0.2) is 8.42 Å². The van der Waals surface area contributed by atoms with E-state index in [1.807, 2.05) is 0 Å². The lowest BCUT2D eigenvalue weighted by Gasteiger charge is -2.36. The molecule has 2 rings (SSSR count). The highest BCUT2D eigenvalue weighted by Gasteiger charge is 2.34. The van der Waals surface area contributed by atoms with Gasteiger partial charge in [0, 0.05) is 25.2 Å². The molecular formula is C14H22N2O3S. The number of ether oxygens (including phenoxy) is 1. The number of hydrogen-bond donors (Lipinski definition) is 1. The van der Waals surface area contributed by atoms with Crippen molar-refractivity contribution in [2.75, 3.05) is 20.2 Å². The van der Waals surface area contributed by atoms with Gasteiger partial charge in [0.15, 0.2) is 0 Å². The molecule has 1 fully saturated rings. The van der Waals surface area contributed by atoms with Crippen LogP contribution < -0.4 is 10.5 Å². The zero-order chi connectivity index (χ0) is 14.8. The van der Waals surface area contributed by atoms with E-state index in [-0.39, 0.29) is 10.9 Å². The van der Waals surface area contributed by atoms with Gasteiger partial charge in [0.2, 0.25) is 10.0 Å². The van der Waals surface area contributed by atoms with E-state index in [0.29, 0.717) is 24.8 Å². The Kier molecular flexibility index (Phi) is 4.67. The molecule has 1 aliphatic heterocycles. The van der Waals surface area contributed by atoms with E-state index in [0.717, 1.165) is 12.8 Å². The van der Waals surface area contributed by atoms with Gasteiger partial charge in [-0.15, -0.1) is 0 Å². The number of benzene rings is 1. The SMILES string of the molecule is COc1cccc(S(=O)(=O)N2CCC(C)CC2CN)c1. The fourth-order valence-corrected chi connectivity index (χ4v) is 4.35. The van der Waals surface area contributed by atoms with Crippen molar-refractivity contribution in [3.63, 3.8) is 0 Å². The molecule has 6 heteroatoms. The van der Waals surface area contributed by atoms with Crippen molar-refractivity contribution >= 4 is 10.0 Å². The molecule has 0 radical (unpaired) electrons. The molecule has 0 amide bonds. The largest absolute Gasteiger partial charge is 0.497 e. The zero-order valence-electron chi connectivity index (χ0n) is 12.0. The van der Waals surface area contributed by atoms with E-state index in [2.05, 4.69) is 6.92 Å². The molecular weight excluding hydrogens is 276 g/mol. The van der Waals surface area contributed by atoms with E-state index in [4.69, 9.17) is 10.5 Å². The lowest BCUT2D eigenvalue weighted by Crippen LogP contribution is -2.49. The van der Waals surface area contributed by atoms with Crippen molar-refractivity contribution in [1.29, 1.82) is 0 Å². The first-order chi connectivity index (χ1) is 9.48. The molecule has 5 nitrogen and oxygen atoms in total. The van der Waals surface area contributed by atoms with Gasteiger partial charge in [0.25, 0.3) is 0 Å². The second-order valence-corrected chi connectivity index (χ2v) is 7.20. The van der Waals surface area contributed by atoms with Crippen LogP contribution in [0.1, 0.15) is 19.8 Å². The van der Waals surface area contributed by atoms with Crippen LogP contribution in [-0.4, -0.2) is 39.0 Å². The molecule has 1 aromatic rings. The fourth-order valence-electron chi connectivity index (χ4n) is 2.66. The minimum Gasteiger partial charge on any atom is -0.497 e. The summed E-state index contributed by atoms with van der Waals surface area (Å²) in [5, 5.41) is 0. The highest BCUT2D eigenvalue weighted by atomic mass is 32.2. The van der Waals surface area contributed by atoms with Crippen LogP contribution in [0.15, 0.2) is 29.2 Å². The van der Waals surface area contributed by atoms with E-state index < -0.39 is 10.0 Å². The second-order valence-electron chi connectivity index (χ2n) is 5.31. The molecule has 112 valence electrons. The van der Waals surface area contributed by atoms with Crippen LogP contribution in [0, 0.1) is 5.92 Å². The van der Waals surface area contributed by atoms with Crippen LogP contribution in [0.25, 0.3) is 0 Å². The first-order valence-corrected chi connectivity index (χ1v) is 8.29. The van der Waals surface area contributed by atoms with Crippen molar-refractivity contribution in [3.8, 4) is 5.75 Å². The van der Waals surface area contributed by atoms with Crippen LogP contribution in [0.4, 0.5) is 0 Å². The van der Waals surface area contributed by atoms with Crippen molar-refractivity contribution in [1.82, 2.24) is 4.31 Å². The Balaban J connectivity index is 2.33. The number of methoxy groups -OCH3 is 1. The molecule has 0 spiro atoms. The van der Waals surface area contributed by atoms with Gasteiger partial charge >= 0.3 is 0 Å². The number of sulfonamides is 1. The highest BCUT2D eigenvalue weighted by molar-refractivity contribution is 7.89. The summed E-state index contributed by atoms with van der Waals surface area (Å²) in [5.74, 6) is 1.06.